The molecule has 0 bridgehead atoms. The van der Waals surface area contributed by atoms with E-state index in [1.165, 1.54) is 0 Å². The molecule has 0 aromatic heterocycles. The van der Waals surface area contributed by atoms with Gasteiger partial charge in [0.25, 0.3) is 0 Å². The van der Waals surface area contributed by atoms with E-state index in [0.717, 1.165) is 12.1 Å². The predicted molar refractivity (Wildman–Crippen MR) is 109 cm³/mol. The quantitative estimate of drug-likeness (QED) is 0.147. The average molecular weight is 833 g/mol. The van der Waals surface area contributed by atoms with Crippen molar-refractivity contribution >= 4 is 63.7 Å². The molecule has 0 saturated heterocycles. The summed E-state index contributed by atoms with van der Waals surface area (Å²) in [5.74, 6) is 0. The molecule has 0 aliphatic heterocycles. The molecule has 35 heavy (non-hydrogen) atoms. The van der Waals surface area contributed by atoms with Crippen molar-refractivity contribution in [3.8, 4) is 0 Å². The molecule has 2 aromatic rings. The third-order valence-corrected chi connectivity index (χ3v) is 5.96. The zero-order chi connectivity index (χ0) is 27.4. The Balaban J connectivity index is 0. The van der Waals surface area contributed by atoms with Gasteiger partial charge in [-0.2, -0.15) is 52.7 Å². The van der Waals surface area contributed by atoms with Crippen LogP contribution in [0.15, 0.2) is 42.2 Å². The maximum absolute atomic E-state index is 12.3. The molecule has 0 spiro atoms. The molecule has 0 unspecified atom stereocenters. The van der Waals surface area contributed by atoms with Gasteiger partial charge in [-0.3, -0.25) is 0 Å². The van der Waals surface area contributed by atoms with Crippen LogP contribution in [0.25, 0.3) is 0 Å². The van der Waals surface area contributed by atoms with Crippen molar-refractivity contribution in [2.75, 3.05) is 0 Å². The van der Waals surface area contributed by atoms with Crippen molar-refractivity contribution < 1.29 is 69.8 Å². The van der Waals surface area contributed by atoms with Gasteiger partial charge in [0, 0.05) is 17.9 Å². The molecule has 200 valence electrons. The number of benzene rings is 2. The van der Waals surface area contributed by atoms with Crippen molar-refractivity contribution in [2.45, 2.75) is 24.7 Å². The Kier molecular flexibility index (Phi) is 14.0. The van der Waals surface area contributed by atoms with Gasteiger partial charge in [0.05, 0.1) is 22.3 Å². The molecule has 0 fully saturated rings. The fraction of sp³-hybridized carbons (Fsp3) is 0.235. The number of nitrogens with zero attached hydrogens (tertiary/aromatic N) is 1. The summed E-state index contributed by atoms with van der Waals surface area (Å²) >= 11 is 10.3. The summed E-state index contributed by atoms with van der Waals surface area (Å²) in [6.07, 6.45) is -19.3. The van der Waals surface area contributed by atoms with Gasteiger partial charge in [0.15, 0.2) is 0 Å². The van der Waals surface area contributed by atoms with E-state index in [1.807, 2.05) is 0 Å². The van der Waals surface area contributed by atoms with Crippen LogP contribution in [0.2, 0.25) is 0 Å². The van der Waals surface area contributed by atoms with Gasteiger partial charge in [-0.25, -0.2) is 0 Å². The summed E-state index contributed by atoms with van der Waals surface area (Å²) in [5.41, 5.74) is -5.43. The van der Waals surface area contributed by atoms with Crippen molar-refractivity contribution in [1.29, 1.82) is 5.26 Å². The third-order valence-electron chi connectivity index (χ3n) is 3.34. The van der Waals surface area contributed by atoms with Gasteiger partial charge < -0.3 is 11.8 Å². The van der Waals surface area contributed by atoms with E-state index in [1.54, 1.807) is 0 Å². The molecular weight excluding hydrogens is 829 g/mol. The maximum Gasteiger partial charge on any atom is 1.00 e. The SMILES string of the molecule is FC(F)(F)c1cc(C(F)(F)F)c(Br)cc1Br.FC(F)(F)c1cc(C(F)(F)F)c(Br)cc1Br.[C-]#N.[Cu+]. The minimum atomic E-state index is -4.83. The van der Waals surface area contributed by atoms with Gasteiger partial charge in [-0.05, 0) is 24.3 Å². The summed E-state index contributed by atoms with van der Waals surface area (Å²) in [7, 11) is 0. The third kappa shape index (κ3) is 10.8. The van der Waals surface area contributed by atoms with Gasteiger partial charge >= 0.3 is 41.8 Å². The number of hydrogen-bond donors (Lipinski definition) is 0. The second-order valence-corrected chi connectivity index (χ2v) is 9.03. The van der Waals surface area contributed by atoms with Gasteiger partial charge in [-0.15, -0.1) is 0 Å². The van der Waals surface area contributed by atoms with Crippen molar-refractivity contribution in [3.05, 3.63) is 71.0 Å². The van der Waals surface area contributed by atoms with Crippen molar-refractivity contribution in [1.82, 2.24) is 0 Å². The summed E-state index contributed by atoms with van der Waals surface area (Å²) in [4.78, 5) is 0. The van der Waals surface area contributed by atoms with Crippen LogP contribution in [0.1, 0.15) is 22.3 Å². The zero-order valence-electron chi connectivity index (χ0n) is 15.6. The molecule has 0 heterocycles. The first-order valence-electron chi connectivity index (χ1n) is 7.56. The molecule has 0 radical (unpaired) electrons. The van der Waals surface area contributed by atoms with Crippen LogP contribution in [0, 0.1) is 11.8 Å². The van der Waals surface area contributed by atoms with Crippen LogP contribution in [0.3, 0.4) is 0 Å². The topological polar surface area (TPSA) is 23.8 Å². The molecule has 0 N–H and O–H groups in total. The van der Waals surface area contributed by atoms with Crippen LogP contribution in [0.4, 0.5) is 52.7 Å². The largest absolute Gasteiger partial charge is 1.00 e. The molecular formula is C17H4Br4CuF12N. The van der Waals surface area contributed by atoms with E-state index in [2.05, 4.69) is 63.7 Å². The van der Waals surface area contributed by atoms with Crippen LogP contribution in [0.5, 0.6) is 0 Å². The Labute approximate surface area is 233 Å². The fourth-order valence-corrected chi connectivity index (χ4v) is 4.85. The van der Waals surface area contributed by atoms with Gasteiger partial charge in [-0.1, -0.05) is 63.7 Å². The van der Waals surface area contributed by atoms with E-state index in [4.69, 9.17) is 11.8 Å². The van der Waals surface area contributed by atoms with Crippen LogP contribution in [-0.4, -0.2) is 0 Å². The fourth-order valence-electron chi connectivity index (χ4n) is 1.97. The van der Waals surface area contributed by atoms with E-state index >= 15 is 0 Å². The smallest absolute Gasteiger partial charge is 0.512 e. The molecule has 2 aromatic carbocycles. The minimum absolute atomic E-state index is 0. The summed E-state index contributed by atoms with van der Waals surface area (Å²) in [5, 5.41) is 6.25. The van der Waals surface area contributed by atoms with Crippen molar-refractivity contribution in [3.63, 3.8) is 0 Å². The van der Waals surface area contributed by atoms with E-state index < -0.39 is 64.8 Å². The maximum atomic E-state index is 12.3. The van der Waals surface area contributed by atoms with Gasteiger partial charge in [0.2, 0.25) is 0 Å². The van der Waals surface area contributed by atoms with Crippen LogP contribution < -0.4 is 0 Å². The van der Waals surface area contributed by atoms with Crippen molar-refractivity contribution in [2.24, 2.45) is 0 Å². The summed E-state index contributed by atoms with van der Waals surface area (Å²) in [6.45, 7) is 4.75. The summed E-state index contributed by atoms with van der Waals surface area (Å²) < 4.78 is 146. The standard InChI is InChI=1S/2C8H2Br2F6.CN.Cu/c2*9-5-2-6(10)4(8(14,15)16)1-3(5)7(11,12)13;1-2;/h2*1-2H;;/q;;-1;+1. The summed E-state index contributed by atoms with van der Waals surface area (Å²) in [6, 6.07) is 1.58. The molecule has 0 amide bonds. The Morgan fingerprint density at radius 2 is 0.571 bits per heavy atom. The molecule has 0 saturated carbocycles. The van der Waals surface area contributed by atoms with E-state index in [-0.39, 0.29) is 29.2 Å². The molecule has 1 nitrogen and oxygen atoms in total. The number of rotatable bonds is 0. The minimum Gasteiger partial charge on any atom is -0.512 e. The first-order chi connectivity index (χ1) is 15.1. The first-order valence-corrected chi connectivity index (χ1v) is 10.7. The predicted octanol–water partition coefficient (Wildman–Crippen LogP) is 10.6. The second-order valence-electron chi connectivity index (χ2n) is 5.61. The second kappa shape index (κ2) is 13.4. The van der Waals surface area contributed by atoms with Gasteiger partial charge in [0.1, 0.15) is 0 Å². The molecule has 18 heteroatoms. The molecule has 2 rings (SSSR count). The Morgan fingerprint density at radius 3 is 0.686 bits per heavy atom. The van der Waals surface area contributed by atoms with Crippen LogP contribution >= 0.6 is 63.7 Å². The Hall–Kier alpha value is -0.471. The van der Waals surface area contributed by atoms with Crippen LogP contribution in [-0.2, 0) is 41.8 Å². The number of halogens is 16. The van der Waals surface area contributed by atoms with E-state index in [9.17, 15) is 52.7 Å². The molecule has 0 aliphatic carbocycles. The van der Waals surface area contributed by atoms with E-state index in [0.29, 0.717) is 0 Å². The Bertz CT molecular complexity index is 877. The Morgan fingerprint density at radius 1 is 0.429 bits per heavy atom. The first kappa shape index (κ1) is 36.7. The number of hydrogen-bond acceptors (Lipinski definition) is 1. The zero-order valence-corrected chi connectivity index (χ0v) is 22.9. The molecule has 0 atom stereocenters. The monoisotopic (exact) mass is 829 g/mol. The average Bonchev–Trinajstić information content (AvgIpc) is 2.59. The number of alkyl halides is 12. The molecule has 0 aliphatic rings. The normalized spacial score (nSPS) is 11.9.